The normalized spacial score (nSPS) is 11.0. The molecule has 0 aliphatic carbocycles. The molecule has 0 aliphatic heterocycles. The summed E-state index contributed by atoms with van der Waals surface area (Å²) in [4.78, 5) is 30.6. The maximum atomic E-state index is 6.49. The molecule has 0 N–H and O–H groups in total. The molecule has 0 aliphatic rings. The molecule has 1 heterocycles. The number of hydrogen-bond donors (Lipinski definition) is 0. The minimum atomic E-state index is 0.604. The van der Waals surface area contributed by atoms with Gasteiger partial charge in [-0.1, -0.05) is 157 Å². The van der Waals surface area contributed by atoms with E-state index in [0.29, 0.717) is 39.6 Å². The lowest BCUT2D eigenvalue weighted by molar-refractivity contribution is 0.308. The van der Waals surface area contributed by atoms with Crippen LogP contribution >= 0.6 is 0 Å². The summed E-state index contributed by atoms with van der Waals surface area (Å²) < 4.78 is 38.9. The minimum Gasteiger partial charge on any atom is -0.493 e. The molecule has 1 aromatic heterocycles. The van der Waals surface area contributed by atoms with Gasteiger partial charge in [-0.2, -0.15) is 0 Å². The number of aromatic nitrogens is 6. The Hall–Kier alpha value is -7.86. The minimum absolute atomic E-state index is 0.604. The maximum Gasteiger partial charge on any atom is 0.128 e. The number of unbranched alkanes of at least 4 members (excludes halogenated alkanes) is 18. The molecule has 0 saturated heterocycles. The molecular formula is C78H102N6O6. The summed E-state index contributed by atoms with van der Waals surface area (Å²) in [6.45, 7) is 17.0. The van der Waals surface area contributed by atoms with Gasteiger partial charge in [0.05, 0.1) is 72.7 Å². The van der Waals surface area contributed by atoms with Gasteiger partial charge in [0, 0.05) is 69.5 Å². The largest absolute Gasteiger partial charge is 0.493 e. The van der Waals surface area contributed by atoms with Crippen LogP contribution in [-0.2, 0) is 0 Å². The number of benzene rings is 6. The first-order valence-corrected chi connectivity index (χ1v) is 34.3. The molecule has 0 saturated carbocycles. The van der Waals surface area contributed by atoms with Crippen LogP contribution in [0.15, 0.2) is 146 Å². The highest BCUT2D eigenvalue weighted by Gasteiger charge is 2.07. The fourth-order valence-electron chi connectivity index (χ4n) is 10.2. The molecule has 0 atom stereocenters. The van der Waals surface area contributed by atoms with E-state index in [1.54, 1.807) is 0 Å². The van der Waals surface area contributed by atoms with E-state index in [2.05, 4.69) is 41.5 Å². The Morgan fingerprint density at radius 1 is 0.200 bits per heavy atom. The number of ether oxygens (including phenoxy) is 6. The van der Waals surface area contributed by atoms with Crippen LogP contribution in [0, 0.1) is 0 Å². The molecular weight excluding hydrogens is 1120 g/mol. The van der Waals surface area contributed by atoms with Gasteiger partial charge in [0.15, 0.2) is 0 Å². The van der Waals surface area contributed by atoms with Crippen molar-refractivity contribution in [2.75, 3.05) is 39.6 Å². The molecule has 0 radical (unpaired) electrons. The highest BCUT2D eigenvalue weighted by atomic mass is 16.5. The van der Waals surface area contributed by atoms with Gasteiger partial charge < -0.3 is 28.4 Å². The predicted octanol–water partition coefficient (Wildman–Crippen LogP) is 21.8. The van der Waals surface area contributed by atoms with Crippen molar-refractivity contribution in [3.8, 4) is 34.5 Å². The van der Waals surface area contributed by atoms with Gasteiger partial charge in [-0.3, -0.25) is 29.9 Å². The number of rotatable bonds is 36. The molecule has 0 amide bonds. The van der Waals surface area contributed by atoms with Crippen molar-refractivity contribution in [1.29, 1.82) is 0 Å². The summed E-state index contributed by atoms with van der Waals surface area (Å²) in [6, 6.07) is 36.1. The van der Waals surface area contributed by atoms with Crippen LogP contribution in [0.3, 0.4) is 0 Å². The maximum absolute atomic E-state index is 6.49. The van der Waals surface area contributed by atoms with Crippen LogP contribution in [0.5, 0.6) is 34.5 Å². The van der Waals surface area contributed by atoms with Gasteiger partial charge in [0.25, 0.3) is 0 Å². The monoisotopic (exact) mass is 1220 g/mol. The quantitative estimate of drug-likeness (QED) is 0.0346. The van der Waals surface area contributed by atoms with E-state index in [1.807, 2.05) is 146 Å². The van der Waals surface area contributed by atoms with Crippen molar-refractivity contribution in [3.63, 3.8) is 0 Å². The third kappa shape index (κ3) is 24.8. The number of fused-ring (bicyclic) bond motifs is 12. The smallest absolute Gasteiger partial charge is 0.128 e. The summed E-state index contributed by atoms with van der Waals surface area (Å²) in [6.07, 6.45) is 37.6. The van der Waals surface area contributed by atoms with Crippen molar-refractivity contribution < 1.29 is 28.4 Å². The molecule has 12 heteroatoms. The van der Waals surface area contributed by atoms with Gasteiger partial charge >= 0.3 is 0 Å². The molecule has 90 heavy (non-hydrogen) atoms. The molecule has 7 aromatic rings. The Balaban J connectivity index is 1.49. The van der Waals surface area contributed by atoms with E-state index in [0.717, 1.165) is 215 Å². The van der Waals surface area contributed by atoms with Gasteiger partial charge in [-0.15, -0.1) is 0 Å². The van der Waals surface area contributed by atoms with Crippen LogP contribution in [0.25, 0.3) is 65.4 Å². The molecule has 0 spiro atoms. The van der Waals surface area contributed by atoms with Crippen molar-refractivity contribution in [3.05, 3.63) is 146 Å². The first-order valence-electron chi connectivity index (χ1n) is 34.3. The average molecular weight is 1220 g/mol. The lowest BCUT2D eigenvalue weighted by Gasteiger charge is -2.08. The van der Waals surface area contributed by atoms with Crippen LogP contribution in [0.2, 0.25) is 0 Å². The average Bonchev–Trinajstić information content (AvgIpc) is 3.51. The molecule has 6 aromatic carbocycles. The fourth-order valence-corrected chi connectivity index (χ4v) is 10.2. The lowest BCUT2D eigenvalue weighted by atomic mass is 10.2. The van der Waals surface area contributed by atoms with Gasteiger partial charge in [0.2, 0.25) is 0 Å². The van der Waals surface area contributed by atoms with Crippen molar-refractivity contribution in [1.82, 2.24) is 29.9 Å². The SMILES string of the molecule is CCCCCCOc1ccc2cc1cnc1ccc(OCCCCCC)c(cnc3ccc(OCCCCCC)c(cnc4ccc(OCCCCCC)c(cnc5ccc(OCCCCCC)c(cnc6ccc(OCCCCCC)c(cn2)c6)c5)c4)c3)c1. The summed E-state index contributed by atoms with van der Waals surface area (Å²) in [5.74, 6) is 4.46. The molecule has 12 nitrogen and oxygen atoms in total. The van der Waals surface area contributed by atoms with Gasteiger partial charge in [-0.05, 0) is 148 Å². The topological polar surface area (TPSA) is 133 Å². The second-order valence-corrected chi connectivity index (χ2v) is 23.3. The first kappa shape index (κ1) is 69.6. The first-order chi connectivity index (χ1) is 44.4. The zero-order valence-electron chi connectivity index (χ0n) is 55.2. The second kappa shape index (κ2) is 41.4. The van der Waals surface area contributed by atoms with Crippen molar-refractivity contribution >= 4 is 65.4 Å². The van der Waals surface area contributed by atoms with Crippen molar-refractivity contribution in [2.45, 2.75) is 196 Å². The molecule has 0 fully saturated rings. The molecule has 480 valence electrons. The summed E-state index contributed by atoms with van der Waals surface area (Å²) in [7, 11) is 0. The van der Waals surface area contributed by atoms with Crippen LogP contribution in [-0.4, -0.2) is 69.5 Å². The summed E-state index contributed by atoms with van der Waals surface area (Å²) >= 11 is 0. The van der Waals surface area contributed by atoms with E-state index in [-0.39, 0.29) is 0 Å². The predicted molar refractivity (Wildman–Crippen MR) is 375 cm³/mol. The highest BCUT2D eigenvalue weighted by Crippen LogP contribution is 2.28. The van der Waals surface area contributed by atoms with Gasteiger partial charge in [0.1, 0.15) is 34.5 Å². The second-order valence-electron chi connectivity index (χ2n) is 23.3. The number of nitrogens with zero attached hydrogens (tertiary/aromatic N) is 6. The summed E-state index contributed by atoms with van der Waals surface area (Å²) in [5, 5.41) is 4.87. The van der Waals surface area contributed by atoms with E-state index in [9.17, 15) is 0 Å². The Bertz CT molecular complexity index is 3010. The van der Waals surface area contributed by atoms with Crippen LogP contribution < -0.4 is 28.4 Å². The van der Waals surface area contributed by atoms with Crippen LogP contribution in [0.4, 0.5) is 0 Å². The standard InChI is InChI=1S/C78H102N6O6/c1-7-13-19-25-43-85-73-37-31-67-49-61(73)55-79-68-32-38-74(86-44-26-20-14-8-2)62(50-68)57-81-70-34-40-76(88-46-28-22-16-10-4)64(52-70)59-83-72-36-42-78(90-48-30-24-18-12-6)66(54-72)60-84-71-35-41-77(89-47-29-23-17-11-5)65(53-71)58-82-69-33-39-75(63(51-69)56-80-67)87-45-27-21-15-9-3/h31-42,49-60H,7-30,43-48H2,1-6H3. The summed E-state index contributed by atoms with van der Waals surface area (Å²) in [5.41, 5.74) is 4.44. The Labute approximate surface area is 537 Å². The van der Waals surface area contributed by atoms with E-state index < -0.39 is 0 Å². The van der Waals surface area contributed by atoms with E-state index in [4.69, 9.17) is 58.3 Å². The third-order valence-corrected chi connectivity index (χ3v) is 15.6. The molecule has 0 unspecified atom stereocenters. The third-order valence-electron chi connectivity index (χ3n) is 15.6. The van der Waals surface area contributed by atoms with Gasteiger partial charge in [-0.25, -0.2) is 0 Å². The Kier molecular flexibility index (Phi) is 32.1. The Morgan fingerprint density at radius 3 is 0.500 bits per heavy atom. The fraction of sp³-hybridized carbons (Fsp3) is 0.462. The lowest BCUT2D eigenvalue weighted by Crippen LogP contribution is -1.98. The zero-order chi connectivity index (χ0) is 63.1. The molecule has 12 bridgehead atoms. The Morgan fingerprint density at radius 2 is 0.356 bits per heavy atom. The highest BCUT2D eigenvalue weighted by molar-refractivity contribution is 5.78. The van der Waals surface area contributed by atoms with E-state index in [1.165, 1.54) is 38.5 Å². The molecule has 7 rings (SSSR count). The number of hydrogen-bond acceptors (Lipinski definition) is 12. The zero-order valence-corrected chi connectivity index (χ0v) is 55.2. The van der Waals surface area contributed by atoms with Crippen LogP contribution in [0.1, 0.15) is 196 Å². The van der Waals surface area contributed by atoms with E-state index >= 15 is 0 Å². The van der Waals surface area contributed by atoms with Crippen molar-refractivity contribution in [2.24, 2.45) is 0 Å².